The average molecular weight is 593 g/mol. The number of ether oxygens (including phenoxy) is 2. The van der Waals surface area contributed by atoms with Crippen molar-refractivity contribution in [2.24, 2.45) is 41.1 Å². The summed E-state index contributed by atoms with van der Waals surface area (Å²) in [5, 5.41) is 16.8. The second-order valence-corrected chi connectivity index (χ2v) is 12.1. The number of aliphatic hydroxyl groups is 1. The molecule has 6 unspecified atom stereocenters. The van der Waals surface area contributed by atoms with Crippen molar-refractivity contribution in [2.45, 2.75) is 91.8 Å². The molecule has 3 amide bonds. The third-order valence-electron chi connectivity index (χ3n) is 8.12. The molecule has 10 nitrogen and oxygen atoms in total. The van der Waals surface area contributed by atoms with Crippen LogP contribution in [-0.4, -0.2) is 67.9 Å². The highest BCUT2D eigenvalue weighted by molar-refractivity contribution is 5.96. The maximum absolute atomic E-state index is 13.1. The van der Waals surface area contributed by atoms with Gasteiger partial charge in [-0.1, -0.05) is 60.1 Å². The Balaban J connectivity index is 2.80. The number of nitrogens with one attached hydrogen (secondary N) is 2. The Labute approximate surface area is 252 Å². The summed E-state index contributed by atoms with van der Waals surface area (Å²) in [6.07, 6.45) is 2.06. The summed E-state index contributed by atoms with van der Waals surface area (Å²) in [6, 6.07) is 5.78. The normalized spacial score (nSPS) is 15.9. The molecule has 0 radical (unpaired) electrons. The zero-order valence-corrected chi connectivity index (χ0v) is 26.7. The number of rotatable bonds is 21. The van der Waals surface area contributed by atoms with E-state index in [2.05, 4.69) is 24.5 Å². The number of carbonyl (C=O) groups is 3. The number of benzene rings is 1. The number of para-hydroxylation sites is 1. The molecule has 1 rings (SSSR count). The van der Waals surface area contributed by atoms with Crippen LogP contribution in [0.2, 0.25) is 0 Å². The molecule has 0 saturated carbocycles. The summed E-state index contributed by atoms with van der Waals surface area (Å²) in [6.45, 7) is 13.2. The number of primary amides is 1. The smallest absolute Gasteiger partial charge is 0.255 e. The fourth-order valence-corrected chi connectivity index (χ4v) is 4.83. The minimum Gasteiger partial charge on any atom is -0.493 e. The van der Waals surface area contributed by atoms with Crippen LogP contribution in [0.25, 0.3) is 0 Å². The van der Waals surface area contributed by atoms with Crippen LogP contribution in [0.4, 0.5) is 0 Å². The van der Waals surface area contributed by atoms with E-state index in [1.165, 1.54) is 0 Å². The van der Waals surface area contributed by atoms with E-state index in [1.807, 2.05) is 33.8 Å². The SMILES string of the molecule is CCC(C)C(NC(=O)C(CC(O)C(N)CC(CNC(=O)c1ccccc1OCCCCOC)C(C)C)C(C)C)C(N)=O. The number of hydrogen-bond donors (Lipinski definition) is 5. The van der Waals surface area contributed by atoms with Crippen LogP contribution >= 0.6 is 0 Å². The Morgan fingerprint density at radius 2 is 1.62 bits per heavy atom. The highest BCUT2D eigenvalue weighted by Crippen LogP contribution is 2.24. The van der Waals surface area contributed by atoms with Crippen LogP contribution in [0.5, 0.6) is 5.75 Å². The van der Waals surface area contributed by atoms with Crippen molar-refractivity contribution in [1.29, 1.82) is 0 Å². The lowest BCUT2D eigenvalue weighted by molar-refractivity contribution is -0.132. The molecule has 0 spiro atoms. The lowest BCUT2D eigenvalue weighted by Crippen LogP contribution is -2.51. The lowest BCUT2D eigenvalue weighted by atomic mass is 9.83. The molecular formula is C32H56N4O6. The minimum atomic E-state index is -0.942. The van der Waals surface area contributed by atoms with Gasteiger partial charge in [-0.2, -0.15) is 0 Å². The van der Waals surface area contributed by atoms with E-state index in [0.29, 0.717) is 43.9 Å². The molecule has 0 heterocycles. The Bertz CT molecular complexity index is 957. The van der Waals surface area contributed by atoms with Crippen molar-refractivity contribution in [2.75, 3.05) is 26.9 Å². The maximum Gasteiger partial charge on any atom is 0.255 e. The van der Waals surface area contributed by atoms with Gasteiger partial charge in [0, 0.05) is 32.2 Å². The summed E-state index contributed by atoms with van der Waals surface area (Å²) < 4.78 is 10.9. The van der Waals surface area contributed by atoms with Gasteiger partial charge >= 0.3 is 0 Å². The van der Waals surface area contributed by atoms with E-state index in [4.69, 9.17) is 20.9 Å². The summed E-state index contributed by atoms with van der Waals surface area (Å²) in [5.41, 5.74) is 12.5. The monoisotopic (exact) mass is 592 g/mol. The Hall–Kier alpha value is -2.69. The molecule has 0 saturated heterocycles. The molecule has 7 N–H and O–H groups in total. The minimum absolute atomic E-state index is 0.00306. The van der Waals surface area contributed by atoms with E-state index in [-0.39, 0.29) is 41.9 Å². The number of methoxy groups -OCH3 is 1. The van der Waals surface area contributed by atoms with Gasteiger partial charge in [-0.3, -0.25) is 14.4 Å². The van der Waals surface area contributed by atoms with Gasteiger partial charge in [0.1, 0.15) is 11.8 Å². The molecule has 0 aliphatic rings. The Morgan fingerprint density at radius 1 is 0.976 bits per heavy atom. The molecule has 6 atom stereocenters. The van der Waals surface area contributed by atoms with Crippen molar-refractivity contribution in [3.63, 3.8) is 0 Å². The van der Waals surface area contributed by atoms with E-state index in [9.17, 15) is 19.5 Å². The van der Waals surface area contributed by atoms with Crippen LogP contribution in [-0.2, 0) is 14.3 Å². The zero-order chi connectivity index (χ0) is 31.8. The molecule has 42 heavy (non-hydrogen) atoms. The quantitative estimate of drug-likeness (QED) is 0.137. The molecule has 10 heteroatoms. The molecule has 0 aromatic heterocycles. The molecule has 0 bridgehead atoms. The Kier molecular flexibility index (Phi) is 17.3. The van der Waals surface area contributed by atoms with Crippen LogP contribution in [0, 0.1) is 29.6 Å². The topological polar surface area (TPSA) is 166 Å². The van der Waals surface area contributed by atoms with Crippen LogP contribution in [0.3, 0.4) is 0 Å². The fourth-order valence-electron chi connectivity index (χ4n) is 4.83. The van der Waals surface area contributed by atoms with Gasteiger partial charge in [0.15, 0.2) is 0 Å². The second kappa shape index (κ2) is 19.5. The molecule has 1 aromatic rings. The molecular weight excluding hydrogens is 536 g/mol. The van der Waals surface area contributed by atoms with E-state index >= 15 is 0 Å². The van der Waals surface area contributed by atoms with Gasteiger partial charge in [0.2, 0.25) is 11.8 Å². The second-order valence-electron chi connectivity index (χ2n) is 12.1. The van der Waals surface area contributed by atoms with Gasteiger partial charge in [0.05, 0.1) is 18.3 Å². The van der Waals surface area contributed by atoms with Crippen molar-refractivity contribution >= 4 is 17.7 Å². The van der Waals surface area contributed by atoms with E-state index in [1.54, 1.807) is 25.3 Å². The predicted octanol–water partition coefficient (Wildman–Crippen LogP) is 3.25. The van der Waals surface area contributed by atoms with Gasteiger partial charge in [-0.05, 0) is 61.5 Å². The maximum atomic E-state index is 13.1. The third kappa shape index (κ3) is 12.7. The van der Waals surface area contributed by atoms with Crippen LogP contribution < -0.4 is 26.8 Å². The highest BCUT2D eigenvalue weighted by atomic mass is 16.5. The number of unbranched alkanes of at least 4 members (excludes halogenated alkanes) is 1. The van der Waals surface area contributed by atoms with Crippen molar-refractivity contribution in [3.05, 3.63) is 29.8 Å². The van der Waals surface area contributed by atoms with Gasteiger partial charge in [-0.25, -0.2) is 0 Å². The van der Waals surface area contributed by atoms with E-state index in [0.717, 1.165) is 12.8 Å². The molecule has 0 aliphatic heterocycles. The summed E-state index contributed by atoms with van der Waals surface area (Å²) in [4.78, 5) is 38.1. The van der Waals surface area contributed by atoms with Crippen molar-refractivity contribution in [3.8, 4) is 5.75 Å². The average Bonchev–Trinajstić information content (AvgIpc) is 2.95. The Morgan fingerprint density at radius 3 is 2.19 bits per heavy atom. The van der Waals surface area contributed by atoms with Gasteiger partial charge < -0.3 is 36.7 Å². The molecule has 0 aliphatic carbocycles. The van der Waals surface area contributed by atoms with Crippen LogP contribution in [0.15, 0.2) is 24.3 Å². The summed E-state index contributed by atoms with van der Waals surface area (Å²) >= 11 is 0. The van der Waals surface area contributed by atoms with Crippen LogP contribution in [0.1, 0.15) is 84.0 Å². The van der Waals surface area contributed by atoms with Gasteiger partial charge in [-0.15, -0.1) is 0 Å². The largest absolute Gasteiger partial charge is 0.493 e. The first-order chi connectivity index (χ1) is 19.8. The number of aliphatic hydroxyl groups excluding tert-OH is 1. The molecule has 0 fully saturated rings. The standard InChI is InChI=1S/C32H56N4O6/c1-8-22(6)29(30(34)38)36-32(40)25(21(4)5)18-27(37)26(33)17-23(20(2)3)19-35-31(39)24-13-9-10-14-28(24)42-16-12-11-15-41-7/h9-10,13-14,20-23,25-27,29,37H,8,11-12,15-19,33H2,1-7H3,(H2,34,38)(H,35,39)(H,36,40). The fraction of sp³-hybridized carbons (Fsp3) is 0.719. The number of amides is 3. The summed E-state index contributed by atoms with van der Waals surface area (Å²) in [7, 11) is 1.66. The first-order valence-corrected chi connectivity index (χ1v) is 15.4. The highest BCUT2D eigenvalue weighted by Gasteiger charge is 2.32. The lowest BCUT2D eigenvalue weighted by Gasteiger charge is -2.31. The molecule has 1 aromatic carbocycles. The zero-order valence-electron chi connectivity index (χ0n) is 26.7. The number of hydrogen-bond acceptors (Lipinski definition) is 7. The third-order valence-corrected chi connectivity index (χ3v) is 8.12. The predicted molar refractivity (Wildman–Crippen MR) is 166 cm³/mol. The van der Waals surface area contributed by atoms with Crippen molar-refractivity contribution in [1.82, 2.24) is 10.6 Å². The first kappa shape index (κ1) is 37.3. The number of nitrogens with two attached hydrogens (primary N) is 2. The molecule has 240 valence electrons. The van der Waals surface area contributed by atoms with Gasteiger partial charge in [0.25, 0.3) is 5.91 Å². The first-order valence-electron chi connectivity index (χ1n) is 15.4. The summed E-state index contributed by atoms with van der Waals surface area (Å²) in [5.74, 6) is -1.13. The van der Waals surface area contributed by atoms with E-state index < -0.39 is 30.0 Å². The number of carbonyl (C=O) groups excluding carboxylic acids is 3. The van der Waals surface area contributed by atoms with Crippen molar-refractivity contribution < 1.29 is 29.0 Å².